The third-order valence-electron chi connectivity index (χ3n) is 3.44. The molecule has 0 aliphatic heterocycles. The topological polar surface area (TPSA) is 77.8 Å². The lowest BCUT2D eigenvalue weighted by Crippen LogP contribution is -2.13. The highest BCUT2D eigenvalue weighted by Gasteiger charge is 2.24. The predicted molar refractivity (Wildman–Crippen MR) is 91.7 cm³/mol. The Labute approximate surface area is 145 Å². The van der Waals surface area contributed by atoms with Gasteiger partial charge in [-0.25, -0.2) is 0 Å². The molecule has 0 saturated heterocycles. The largest absolute Gasteiger partial charge is 0.411 e. The van der Waals surface area contributed by atoms with Gasteiger partial charge in [0.25, 0.3) is 5.22 Å². The second-order valence-corrected chi connectivity index (χ2v) is 8.00. The summed E-state index contributed by atoms with van der Waals surface area (Å²) in [6.07, 6.45) is 0. The maximum Gasteiger partial charge on any atom is 0.277 e. The minimum Gasteiger partial charge on any atom is -0.411 e. The van der Waals surface area contributed by atoms with Crippen LogP contribution in [0.3, 0.4) is 0 Å². The maximum absolute atomic E-state index is 5.73. The maximum atomic E-state index is 5.73. The first kappa shape index (κ1) is 16.7. The van der Waals surface area contributed by atoms with E-state index in [0.717, 1.165) is 5.56 Å². The van der Waals surface area contributed by atoms with Gasteiger partial charge in [0.15, 0.2) is 5.82 Å². The standard InChI is InChI=1S/C17H20N4O2S/c1-10-6-8-12(9-7-10)14-19-20-16(22-14)24-11(2)13-18-15(21-23-13)17(3,4)5/h6-9,11H,1-5H3. The van der Waals surface area contributed by atoms with Gasteiger partial charge in [0, 0.05) is 11.0 Å². The molecule has 0 spiro atoms. The van der Waals surface area contributed by atoms with E-state index >= 15 is 0 Å². The zero-order valence-electron chi connectivity index (χ0n) is 14.4. The third kappa shape index (κ3) is 3.67. The Bertz CT molecular complexity index is 818. The van der Waals surface area contributed by atoms with Crippen molar-refractivity contribution in [2.24, 2.45) is 0 Å². The molecule has 0 aliphatic carbocycles. The van der Waals surface area contributed by atoms with Crippen LogP contribution in [-0.2, 0) is 5.41 Å². The van der Waals surface area contributed by atoms with E-state index in [1.165, 1.54) is 17.3 Å². The molecule has 1 aromatic carbocycles. The van der Waals surface area contributed by atoms with Gasteiger partial charge in [-0.1, -0.05) is 55.4 Å². The summed E-state index contributed by atoms with van der Waals surface area (Å²) >= 11 is 1.40. The Morgan fingerprint density at radius 2 is 1.79 bits per heavy atom. The van der Waals surface area contributed by atoms with E-state index in [9.17, 15) is 0 Å². The fourth-order valence-electron chi connectivity index (χ4n) is 1.98. The minimum atomic E-state index is -0.144. The first-order valence-electron chi connectivity index (χ1n) is 7.74. The molecule has 0 N–H and O–H groups in total. The fraction of sp³-hybridized carbons (Fsp3) is 0.412. The number of aromatic nitrogens is 4. The molecule has 0 radical (unpaired) electrons. The molecule has 6 nitrogen and oxygen atoms in total. The molecular formula is C17H20N4O2S. The van der Waals surface area contributed by atoms with Crippen molar-refractivity contribution in [1.29, 1.82) is 0 Å². The van der Waals surface area contributed by atoms with Crippen molar-refractivity contribution in [1.82, 2.24) is 20.3 Å². The Hall–Kier alpha value is -2.15. The zero-order valence-corrected chi connectivity index (χ0v) is 15.2. The summed E-state index contributed by atoms with van der Waals surface area (Å²) in [5.41, 5.74) is 1.95. The van der Waals surface area contributed by atoms with Crippen molar-refractivity contribution in [3.8, 4) is 11.5 Å². The zero-order chi connectivity index (χ0) is 17.3. The second-order valence-electron chi connectivity index (χ2n) is 6.71. The highest BCUT2D eigenvalue weighted by Crippen LogP contribution is 2.35. The second kappa shape index (κ2) is 6.39. The highest BCUT2D eigenvalue weighted by molar-refractivity contribution is 7.99. The summed E-state index contributed by atoms with van der Waals surface area (Å²) in [6, 6.07) is 7.96. The molecule has 0 aliphatic rings. The van der Waals surface area contributed by atoms with Crippen LogP contribution in [0.25, 0.3) is 11.5 Å². The molecule has 7 heteroatoms. The van der Waals surface area contributed by atoms with Gasteiger partial charge in [0.1, 0.15) is 0 Å². The first-order valence-corrected chi connectivity index (χ1v) is 8.62. The molecule has 24 heavy (non-hydrogen) atoms. The van der Waals surface area contributed by atoms with E-state index in [4.69, 9.17) is 8.94 Å². The minimum absolute atomic E-state index is 0.0695. The Morgan fingerprint density at radius 1 is 1.08 bits per heavy atom. The monoisotopic (exact) mass is 344 g/mol. The summed E-state index contributed by atoms with van der Waals surface area (Å²) in [5.74, 6) is 1.75. The summed E-state index contributed by atoms with van der Waals surface area (Å²) in [5, 5.41) is 12.7. The van der Waals surface area contributed by atoms with E-state index in [1.807, 2.05) is 58.9 Å². The molecule has 0 bridgehead atoms. The fourth-order valence-corrected chi connectivity index (χ4v) is 2.69. The summed E-state index contributed by atoms with van der Waals surface area (Å²) < 4.78 is 11.1. The molecule has 1 unspecified atom stereocenters. The molecule has 0 saturated carbocycles. The van der Waals surface area contributed by atoms with Crippen LogP contribution in [0.5, 0.6) is 0 Å². The molecule has 3 aromatic rings. The van der Waals surface area contributed by atoms with Gasteiger partial charge in [-0.3, -0.25) is 0 Å². The number of aryl methyl sites for hydroxylation is 1. The Morgan fingerprint density at radius 3 is 2.42 bits per heavy atom. The van der Waals surface area contributed by atoms with Gasteiger partial charge >= 0.3 is 0 Å². The lowest BCUT2D eigenvalue weighted by Gasteiger charge is -2.11. The highest BCUT2D eigenvalue weighted by atomic mass is 32.2. The van der Waals surface area contributed by atoms with Crippen molar-refractivity contribution in [2.75, 3.05) is 0 Å². The van der Waals surface area contributed by atoms with Crippen molar-refractivity contribution in [3.63, 3.8) is 0 Å². The van der Waals surface area contributed by atoms with Gasteiger partial charge in [-0.2, -0.15) is 4.98 Å². The van der Waals surface area contributed by atoms with E-state index in [0.29, 0.717) is 22.8 Å². The summed E-state index contributed by atoms with van der Waals surface area (Å²) in [4.78, 5) is 4.46. The van der Waals surface area contributed by atoms with Crippen LogP contribution < -0.4 is 0 Å². The van der Waals surface area contributed by atoms with E-state index < -0.39 is 0 Å². The Kier molecular flexibility index (Phi) is 4.45. The third-order valence-corrected chi connectivity index (χ3v) is 4.36. The smallest absolute Gasteiger partial charge is 0.277 e. The van der Waals surface area contributed by atoms with E-state index in [2.05, 4.69) is 20.3 Å². The number of hydrogen-bond donors (Lipinski definition) is 0. The molecule has 126 valence electrons. The van der Waals surface area contributed by atoms with E-state index in [-0.39, 0.29) is 10.7 Å². The van der Waals surface area contributed by atoms with Crippen molar-refractivity contribution >= 4 is 11.8 Å². The normalized spacial score (nSPS) is 13.2. The quantitative estimate of drug-likeness (QED) is 0.641. The molecule has 3 rings (SSSR count). The van der Waals surface area contributed by atoms with Crippen LogP contribution in [0.4, 0.5) is 0 Å². The molecule has 0 amide bonds. The lowest BCUT2D eigenvalue weighted by molar-refractivity contribution is 0.363. The van der Waals surface area contributed by atoms with Crippen LogP contribution in [0.1, 0.15) is 50.2 Å². The molecule has 2 heterocycles. The van der Waals surface area contributed by atoms with Gasteiger partial charge < -0.3 is 8.94 Å². The van der Waals surface area contributed by atoms with Crippen LogP contribution >= 0.6 is 11.8 Å². The van der Waals surface area contributed by atoms with Crippen molar-refractivity contribution in [2.45, 2.75) is 50.5 Å². The number of rotatable bonds is 4. The number of hydrogen-bond acceptors (Lipinski definition) is 7. The van der Waals surface area contributed by atoms with Crippen molar-refractivity contribution in [3.05, 3.63) is 41.5 Å². The van der Waals surface area contributed by atoms with Crippen LogP contribution in [-0.4, -0.2) is 20.3 Å². The Balaban J connectivity index is 1.72. The SMILES string of the molecule is Cc1ccc(-c2nnc(SC(C)c3nc(C(C)(C)C)no3)o2)cc1. The molecule has 2 aromatic heterocycles. The molecule has 1 atom stereocenters. The van der Waals surface area contributed by atoms with Crippen LogP contribution in [0.15, 0.2) is 38.4 Å². The number of thioether (sulfide) groups is 1. The number of nitrogens with zero attached hydrogens (tertiary/aromatic N) is 4. The average Bonchev–Trinajstić information content (AvgIpc) is 3.16. The van der Waals surface area contributed by atoms with Crippen molar-refractivity contribution < 1.29 is 8.94 Å². The van der Waals surface area contributed by atoms with Gasteiger partial charge in [0.2, 0.25) is 11.8 Å². The first-order chi connectivity index (χ1) is 11.3. The summed E-state index contributed by atoms with van der Waals surface area (Å²) in [6.45, 7) is 10.2. The van der Waals surface area contributed by atoms with Crippen LogP contribution in [0, 0.1) is 6.92 Å². The van der Waals surface area contributed by atoms with E-state index in [1.54, 1.807) is 0 Å². The number of benzene rings is 1. The average molecular weight is 344 g/mol. The summed E-state index contributed by atoms with van der Waals surface area (Å²) in [7, 11) is 0. The molecule has 0 fully saturated rings. The predicted octanol–water partition coefficient (Wildman–Crippen LogP) is 4.58. The van der Waals surface area contributed by atoms with Gasteiger partial charge in [-0.05, 0) is 26.0 Å². The lowest BCUT2D eigenvalue weighted by atomic mass is 9.96. The van der Waals surface area contributed by atoms with Crippen LogP contribution in [0.2, 0.25) is 0 Å². The molecular weight excluding hydrogens is 324 g/mol. The van der Waals surface area contributed by atoms with Gasteiger partial charge in [0.05, 0.1) is 5.25 Å². The van der Waals surface area contributed by atoms with Gasteiger partial charge in [-0.15, -0.1) is 10.2 Å².